The Bertz CT molecular complexity index is 498. The largest absolute Gasteiger partial charge is 0.481 e. The second-order valence-electron chi connectivity index (χ2n) is 4.75. The molecule has 1 aromatic rings. The lowest BCUT2D eigenvalue weighted by atomic mass is 9.97. The number of likely N-dealkylation sites (tertiary alicyclic amines) is 1. The number of carbonyl (C=O) groups excluding carboxylic acids is 1. The second kappa shape index (κ2) is 5.57. The fraction of sp³-hybridized carbons (Fsp3) is 0.462. The molecular formula is C13H15ClN2O3. The van der Waals surface area contributed by atoms with Crippen molar-refractivity contribution in [2.45, 2.75) is 19.8 Å². The van der Waals surface area contributed by atoms with E-state index in [9.17, 15) is 9.59 Å². The van der Waals surface area contributed by atoms with Gasteiger partial charge in [0.15, 0.2) is 0 Å². The number of amides is 1. The summed E-state index contributed by atoms with van der Waals surface area (Å²) >= 11 is 5.84. The van der Waals surface area contributed by atoms with Crippen LogP contribution < -0.4 is 0 Å². The zero-order chi connectivity index (χ0) is 14.0. The number of rotatable bonds is 2. The summed E-state index contributed by atoms with van der Waals surface area (Å²) in [7, 11) is 0. The molecule has 1 aromatic heterocycles. The summed E-state index contributed by atoms with van der Waals surface area (Å²) in [5.74, 6) is -1.50. The molecule has 1 saturated heterocycles. The molecule has 19 heavy (non-hydrogen) atoms. The van der Waals surface area contributed by atoms with Gasteiger partial charge in [-0.3, -0.25) is 9.59 Å². The highest BCUT2D eigenvalue weighted by Crippen LogP contribution is 2.20. The van der Waals surface area contributed by atoms with E-state index in [2.05, 4.69) is 4.98 Å². The molecule has 0 spiro atoms. The summed E-state index contributed by atoms with van der Waals surface area (Å²) in [4.78, 5) is 28.9. The average molecular weight is 283 g/mol. The summed E-state index contributed by atoms with van der Waals surface area (Å²) in [6.45, 7) is 2.60. The Morgan fingerprint density at radius 1 is 1.47 bits per heavy atom. The van der Waals surface area contributed by atoms with E-state index in [0.717, 1.165) is 0 Å². The van der Waals surface area contributed by atoms with Crippen LogP contribution in [0.15, 0.2) is 12.1 Å². The molecule has 1 fully saturated rings. The molecule has 2 rings (SSSR count). The molecule has 0 aromatic carbocycles. The Hall–Kier alpha value is -1.62. The average Bonchev–Trinajstić information content (AvgIpc) is 2.37. The van der Waals surface area contributed by atoms with Gasteiger partial charge in [-0.25, -0.2) is 4.98 Å². The summed E-state index contributed by atoms with van der Waals surface area (Å²) in [5.41, 5.74) is 1.13. The molecule has 1 aliphatic rings. The van der Waals surface area contributed by atoms with Gasteiger partial charge in [0, 0.05) is 24.3 Å². The van der Waals surface area contributed by atoms with Gasteiger partial charge >= 0.3 is 5.97 Å². The number of pyridine rings is 1. The number of carboxylic acids is 1. The molecular weight excluding hydrogens is 268 g/mol. The normalized spacial score (nSPS) is 19.3. The van der Waals surface area contributed by atoms with E-state index in [0.29, 0.717) is 30.6 Å². The maximum atomic E-state index is 12.3. The van der Waals surface area contributed by atoms with Gasteiger partial charge in [0.1, 0.15) is 5.15 Å². The molecule has 1 amide bonds. The first-order chi connectivity index (χ1) is 8.97. The third-order valence-electron chi connectivity index (χ3n) is 3.23. The molecule has 5 nitrogen and oxygen atoms in total. The smallest absolute Gasteiger partial charge is 0.308 e. The Morgan fingerprint density at radius 3 is 2.84 bits per heavy atom. The predicted molar refractivity (Wildman–Crippen MR) is 70.2 cm³/mol. The topological polar surface area (TPSA) is 70.5 Å². The number of aliphatic carboxylic acids is 1. The first-order valence-electron chi connectivity index (χ1n) is 6.13. The fourth-order valence-electron chi connectivity index (χ4n) is 2.30. The molecule has 6 heteroatoms. The Morgan fingerprint density at radius 2 is 2.21 bits per heavy atom. The van der Waals surface area contributed by atoms with Gasteiger partial charge in [0.05, 0.1) is 5.92 Å². The first kappa shape index (κ1) is 13.8. The van der Waals surface area contributed by atoms with Crippen LogP contribution in [-0.4, -0.2) is 40.0 Å². The molecule has 0 aliphatic carbocycles. The first-order valence-corrected chi connectivity index (χ1v) is 6.51. The van der Waals surface area contributed by atoms with Crippen molar-refractivity contribution >= 4 is 23.5 Å². The number of nitrogens with zero attached hydrogens (tertiary/aromatic N) is 2. The number of carboxylic acid groups (broad SMARTS) is 1. The van der Waals surface area contributed by atoms with E-state index in [-0.39, 0.29) is 17.6 Å². The lowest BCUT2D eigenvalue weighted by Gasteiger charge is -2.30. The van der Waals surface area contributed by atoms with Crippen LogP contribution in [0, 0.1) is 12.8 Å². The highest BCUT2D eigenvalue weighted by Gasteiger charge is 2.28. The van der Waals surface area contributed by atoms with Crippen molar-refractivity contribution in [3.63, 3.8) is 0 Å². The van der Waals surface area contributed by atoms with Gasteiger partial charge in [-0.2, -0.15) is 0 Å². The van der Waals surface area contributed by atoms with E-state index < -0.39 is 11.9 Å². The van der Waals surface area contributed by atoms with Gasteiger partial charge in [0.25, 0.3) is 5.91 Å². The summed E-state index contributed by atoms with van der Waals surface area (Å²) in [6.07, 6.45) is 1.33. The minimum absolute atomic E-state index is 0.182. The number of piperidine rings is 1. The molecule has 0 radical (unpaired) electrons. The zero-order valence-electron chi connectivity index (χ0n) is 10.6. The van der Waals surface area contributed by atoms with Crippen molar-refractivity contribution in [1.29, 1.82) is 0 Å². The molecule has 2 heterocycles. The van der Waals surface area contributed by atoms with Crippen LogP contribution in [0.5, 0.6) is 0 Å². The summed E-state index contributed by atoms with van der Waals surface area (Å²) < 4.78 is 0. The Kier molecular flexibility index (Phi) is 4.04. The van der Waals surface area contributed by atoms with Gasteiger partial charge in [-0.05, 0) is 31.9 Å². The van der Waals surface area contributed by atoms with Crippen molar-refractivity contribution in [3.05, 3.63) is 28.5 Å². The van der Waals surface area contributed by atoms with Gasteiger partial charge < -0.3 is 10.0 Å². The third kappa shape index (κ3) is 3.23. The van der Waals surface area contributed by atoms with Crippen molar-refractivity contribution < 1.29 is 14.7 Å². The lowest BCUT2D eigenvalue weighted by molar-refractivity contribution is -0.143. The molecule has 1 aliphatic heterocycles. The zero-order valence-corrected chi connectivity index (χ0v) is 11.4. The van der Waals surface area contributed by atoms with Gasteiger partial charge in [0.2, 0.25) is 0 Å². The Labute approximate surface area is 116 Å². The SMILES string of the molecule is Cc1cc(C(=O)N2CCCC(C(=O)O)C2)cc(Cl)n1. The second-order valence-corrected chi connectivity index (χ2v) is 5.14. The molecule has 0 bridgehead atoms. The number of aromatic nitrogens is 1. The van der Waals surface area contributed by atoms with E-state index in [1.54, 1.807) is 17.9 Å². The minimum Gasteiger partial charge on any atom is -0.481 e. The van der Waals surface area contributed by atoms with E-state index >= 15 is 0 Å². The molecule has 1 N–H and O–H groups in total. The number of carbonyl (C=O) groups is 2. The van der Waals surface area contributed by atoms with Crippen molar-refractivity contribution in [2.75, 3.05) is 13.1 Å². The van der Waals surface area contributed by atoms with Crippen LogP contribution in [0.1, 0.15) is 28.9 Å². The Balaban J connectivity index is 2.16. The van der Waals surface area contributed by atoms with Crippen LogP contribution in [0.3, 0.4) is 0 Å². The fourth-order valence-corrected chi connectivity index (χ4v) is 2.55. The number of halogens is 1. The highest BCUT2D eigenvalue weighted by molar-refractivity contribution is 6.29. The monoisotopic (exact) mass is 282 g/mol. The quantitative estimate of drug-likeness (QED) is 0.842. The number of hydrogen-bond acceptors (Lipinski definition) is 3. The number of aryl methyl sites for hydroxylation is 1. The molecule has 1 atom stereocenters. The summed E-state index contributed by atoms with van der Waals surface area (Å²) in [6, 6.07) is 3.18. The highest BCUT2D eigenvalue weighted by atomic mass is 35.5. The van der Waals surface area contributed by atoms with E-state index in [1.165, 1.54) is 6.07 Å². The molecule has 102 valence electrons. The van der Waals surface area contributed by atoms with E-state index in [1.807, 2.05) is 0 Å². The number of hydrogen-bond donors (Lipinski definition) is 1. The maximum Gasteiger partial charge on any atom is 0.308 e. The van der Waals surface area contributed by atoms with Crippen LogP contribution in [0.2, 0.25) is 5.15 Å². The standard InChI is InChI=1S/C13H15ClN2O3/c1-8-5-10(6-11(14)15-8)12(17)16-4-2-3-9(7-16)13(18)19/h5-6,9H,2-4,7H2,1H3,(H,18,19). The van der Waals surface area contributed by atoms with Crippen molar-refractivity contribution in [1.82, 2.24) is 9.88 Å². The van der Waals surface area contributed by atoms with Crippen LogP contribution in [0.25, 0.3) is 0 Å². The maximum absolute atomic E-state index is 12.3. The van der Waals surface area contributed by atoms with Crippen molar-refractivity contribution in [3.8, 4) is 0 Å². The molecule has 1 unspecified atom stereocenters. The minimum atomic E-state index is -0.846. The summed E-state index contributed by atoms with van der Waals surface area (Å²) in [5, 5.41) is 9.30. The van der Waals surface area contributed by atoms with Crippen LogP contribution in [-0.2, 0) is 4.79 Å². The van der Waals surface area contributed by atoms with Crippen LogP contribution in [0.4, 0.5) is 0 Å². The predicted octanol–water partition coefficient (Wildman–Crippen LogP) is 1.98. The lowest BCUT2D eigenvalue weighted by Crippen LogP contribution is -2.42. The van der Waals surface area contributed by atoms with Crippen LogP contribution >= 0.6 is 11.6 Å². The van der Waals surface area contributed by atoms with Crippen molar-refractivity contribution in [2.24, 2.45) is 5.92 Å². The third-order valence-corrected chi connectivity index (χ3v) is 3.42. The molecule has 0 saturated carbocycles. The van der Waals surface area contributed by atoms with Gasteiger partial charge in [-0.15, -0.1) is 0 Å². The van der Waals surface area contributed by atoms with E-state index in [4.69, 9.17) is 16.7 Å². The van der Waals surface area contributed by atoms with Gasteiger partial charge in [-0.1, -0.05) is 11.6 Å².